The maximum absolute atomic E-state index is 11.5. The summed E-state index contributed by atoms with van der Waals surface area (Å²) in [5.74, 6) is 0.289. The van der Waals surface area contributed by atoms with Gasteiger partial charge in [-0.3, -0.25) is 4.79 Å². The Kier molecular flexibility index (Phi) is 2.30. The van der Waals surface area contributed by atoms with E-state index in [-0.39, 0.29) is 12.1 Å². The first-order valence-corrected chi connectivity index (χ1v) is 4.79. The van der Waals surface area contributed by atoms with Crippen LogP contribution in [0, 0.1) is 0 Å². The molecule has 0 spiro atoms. The number of hydrogen-bond acceptors (Lipinski definition) is 2. The summed E-state index contributed by atoms with van der Waals surface area (Å²) in [6.45, 7) is 1.73. The van der Waals surface area contributed by atoms with E-state index in [4.69, 9.17) is 4.74 Å². The minimum Gasteiger partial charge on any atom is -0.358 e. The van der Waals surface area contributed by atoms with E-state index in [1.807, 2.05) is 4.90 Å². The molecule has 2 fully saturated rings. The minimum atomic E-state index is 0.105. The van der Waals surface area contributed by atoms with Gasteiger partial charge in [0.25, 0.3) is 0 Å². The van der Waals surface area contributed by atoms with Crippen LogP contribution in [0.4, 0.5) is 0 Å². The van der Waals surface area contributed by atoms with Gasteiger partial charge in [0, 0.05) is 13.0 Å². The van der Waals surface area contributed by atoms with Crippen LogP contribution in [0.3, 0.4) is 0 Å². The monoisotopic (exact) mass is 169 g/mol. The molecule has 0 aliphatic carbocycles. The van der Waals surface area contributed by atoms with E-state index in [0.717, 1.165) is 45.3 Å². The van der Waals surface area contributed by atoms with Crippen LogP contribution in [0.1, 0.15) is 32.1 Å². The summed E-state index contributed by atoms with van der Waals surface area (Å²) in [7, 11) is 0. The molecule has 68 valence electrons. The number of carbonyl (C=O) groups excluding carboxylic acids is 1. The zero-order valence-corrected chi connectivity index (χ0v) is 7.29. The number of carbonyl (C=O) groups is 1. The number of ether oxygens (including phenoxy) is 1. The van der Waals surface area contributed by atoms with Crippen molar-refractivity contribution in [2.45, 2.75) is 38.3 Å². The van der Waals surface area contributed by atoms with Crippen LogP contribution in [0.25, 0.3) is 0 Å². The summed E-state index contributed by atoms with van der Waals surface area (Å²) in [6.07, 6.45) is 5.03. The Morgan fingerprint density at radius 3 is 3.17 bits per heavy atom. The van der Waals surface area contributed by atoms with Crippen LogP contribution >= 0.6 is 0 Å². The Hall–Kier alpha value is -0.570. The molecule has 1 unspecified atom stereocenters. The molecule has 3 heteroatoms. The van der Waals surface area contributed by atoms with Gasteiger partial charge >= 0.3 is 0 Å². The molecular formula is C9H15NO2. The van der Waals surface area contributed by atoms with E-state index in [1.54, 1.807) is 0 Å². The Balaban J connectivity index is 2.06. The molecule has 0 saturated carbocycles. The zero-order chi connectivity index (χ0) is 8.39. The summed E-state index contributed by atoms with van der Waals surface area (Å²) in [5.41, 5.74) is 0. The molecule has 2 saturated heterocycles. The number of hydrogen-bond donors (Lipinski definition) is 0. The molecule has 2 aliphatic heterocycles. The summed E-state index contributed by atoms with van der Waals surface area (Å²) >= 11 is 0. The van der Waals surface area contributed by atoms with Crippen molar-refractivity contribution in [3.63, 3.8) is 0 Å². The van der Waals surface area contributed by atoms with Gasteiger partial charge in [-0.1, -0.05) is 0 Å². The number of amides is 1. The lowest BCUT2D eigenvalue weighted by Gasteiger charge is -2.34. The number of rotatable bonds is 0. The summed E-state index contributed by atoms with van der Waals surface area (Å²) < 4.78 is 5.54. The molecule has 0 aromatic heterocycles. The molecule has 2 rings (SSSR count). The molecule has 0 aromatic rings. The van der Waals surface area contributed by atoms with Crippen molar-refractivity contribution in [1.82, 2.24) is 4.90 Å². The maximum Gasteiger partial charge on any atom is 0.224 e. The van der Waals surface area contributed by atoms with E-state index >= 15 is 0 Å². The van der Waals surface area contributed by atoms with Crippen LogP contribution in [0.5, 0.6) is 0 Å². The third-order valence-corrected chi connectivity index (χ3v) is 2.61. The minimum absolute atomic E-state index is 0.105. The van der Waals surface area contributed by atoms with E-state index in [1.165, 1.54) is 0 Å². The molecule has 12 heavy (non-hydrogen) atoms. The van der Waals surface area contributed by atoms with Crippen molar-refractivity contribution in [1.29, 1.82) is 0 Å². The molecule has 2 aliphatic rings. The molecule has 0 bridgehead atoms. The lowest BCUT2D eigenvalue weighted by Crippen LogP contribution is -2.45. The van der Waals surface area contributed by atoms with Crippen LogP contribution in [-0.2, 0) is 9.53 Å². The maximum atomic E-state index is 11.5. The highest BCUT2D eigenvalue weighted by molar-refractivity contribution is 5.76. The molecule has 0 N–H and O–H groups in total. The molecular weight excluding hydrogens is 154 g/mol. The summed E-state index contributed by atoms with van der Waals surface area (Å²) in [6, 6.07) is 0. The fraction of sp³-hybridized carbons (Fsp3) is 0.889. The normalized spacial score (nSPS) is 31.2. The van der Waals surface area contributed by atoms with Gasteiger partial charge in [0.15, 0.2) is 0 Å². The SMILES string of the molecule is O=C1CCCCC2OCCCN12. The molecule has 1 amide bonds. The first-order chi connectivity index (χ1) is 5.88. The predicted molar refractivity (Wildman–Crippen MR) is 44.5 cm³/mol. The highest BCUT2D eigenvalue weighted by Gasteiger charge is 2.28. The third kappa shape index (κ3) is 1.46. The fourth-order valence-electron chi connectivity index (χ4n) is 1.95. The highest BCUT2D eigenvalue weighted by Crippen LogP contribution is 2.21. The molecule has 0 aromatic carbocycles. The van der Waals surface area contributed by atoms with Crippen LogP contribution < -0.4 is 0 Å². The van der Waals surface area contributed by atoms with Crippen molar-refractivity contribution < 1.29 is 9.53 Å². The first-order valence-electron chi connectivity index (χ1n) is 4.79. The van der Waals surface area contributed by atoms with Gasteiger partial charge in [0.2, 0.25) is 5.91 Å². The standard InChI is InChI=1S/C9H15NO2/c11-8-4-1-2-5-9-10(8)6-3-7-12-9/h9H,1-7H2. The van der Waals surface area contributed by atoms with E-state index < -0.39 is 0 Å². The van der Waals surface area contributed by atoms with Crippen molar-refractivity contribution in [3.05, 3.63) is 0 Å². The fourth-order valence-corrected chi connectivity index (χ4v) is 1.95. The largest absolute Gasteiger partial charge is 0.358 e. The van der Waals surface area contributed by atoms with Gasteiger partial charge < -0.3 is 9.64 Å². The van der Waals surface area contributed by atoms with Crippen molar-refractivity contribution in [3.8, 4) is 0 Å². The topological polar surface area (TPSA) is 29.5 Å². The highest BCUT2D eigenvalue weighted by atomic mass is 16.5. The van der Waals surface area contributed by atoms with Gasteiger partial charge in [-0.25, -0.2) is 0 Å². The second kappa shape index (κ2) is 3.44. The van der Waals surface area contributed by atoms with Crippen molar-refractivity contribution >= 4 is 5.91 Å². The molecule has 2 heterocycles. The summed E-state index contributed by atoms with van der Waals surface area (Å²) in [4.78, 5) is 13.4. The summed E-state index contributed by atoms with van der Waals surface area (Å²) in [5, 5.41) is 0. The Morgan fingerprint density at radius 2 is 2.25 bits per heavy atom. The van der Waals surface area contributed by atoms with Gasteiger partial charge in [-0.05, 0) is 25.7 Å². The second-order valence-corrected chi connectivity index (χ2v) is 3.51. The van der Waals surface area contributed by atoms with Crippen molar-refractivity contribution in [2.75, 3.05) is 13.2 Å². The van der Waals surface area contributed by atoms with E-state index in [2.05, 4.69) is 0 Å². The van der Waals surface area contributed by atoms with Crippen LogP contribution in [0.2, 0.25) is 0 Å². The van der Waals surface area contributed by atoms with Gasteiger partial charge in [0.05, 0.1) is 6.61 Å². The lowest BCUT2D eigenvalue weighted by atomic mass is 10.2. The van der Waals surface area contributed by atoms with E-state index in [9.17, 15) is 4.79 Å². The Bertz CT molecular complexity index is 181. The lowest BCUT2D eigenvalue weighted by molar-refractivity contribution is -0.153. The first kappa shape index (κ1) is 8.05. The number of fused-ring (bicyclic) bond motifs is 1. The average molecular weight is 169 g/mol. The molecule has 3 nitrogen and oxygen atoms in total. The smallest absolute Gasteiger partial charge is 0.224 e. The zero-order valence-electron chi connectivity index (χ0n) is 7.29. The van der Waals surface area contributed by atoms with Crippen LogP contribution in [-0.4, -0.2) is 30.2 Å². The second-order valence-electron chi connectivity index (χ2n) is 3.51. The number of nitrogens with zero attached hydrogens (tertiary/aromatic N) is 1. The van der Waals surface area contributed by atoms with Crippen LogP contribution in [0.15, 0.2) is 0 Å². The molecule has 1 atom stereocenters. The Morgan fingerprint density at radius 1 is 1.33 bits per heavy atom. The Labute approximate surface area is 72.7 Å². The molecule has 0 radical (unpaired) electrons. The third-order valence-electron chi connectivity index (χ3n) is 2.61. The van der Waals surface area contributed by atoms with Gasteiger partial charge in [-0.15, -0.1) is 0 Å². The average Bonchev–Trinajstić information content (AvgIpc) is 2.29. The quantitative estimate of drug-likeness (QED) is 0.544. The van der Waals surface area contributed by atoms with Crippen molar-refractivity contribution in [2.24, 2.45) is 0 Å². The van der Waals surface area contributed by atoms with Gasteiger partial charge in [0.1, 0.15) is 6.23 Å². The van der Waals surface area contributed by atoms with E-state index in [0.29, 0.717) is 0 Å². The predicted octanol–water partition coefficient (Wildman–Crippen LogP) is 1.14. The van der Waals surface area contributed by atoms with Gasteiger partial charge in [-0.2, -0.15) is 0 Å².